The van der Waals surface area contributed by atoms with Gasteiger partial charge in [0, 0.05) is 33.7 Å². The molecule has 0 saturated heterocycles. The number of hydrogen-bond acceptors (Lipinski definition) is 1. The molecule has 3 aromatic rings. The number of benzene rings is 2. The number of pyridine rings is 1. The average Bonchev–Trinajstić information content (AvgIpc) is 2.45. The first-order valence-corrected chi connectivity index (χ1v) is 7.34. The van der Waals surface area contributed by atoms with E-state index >= 15 is 0 Å². The topological polar surface area (TPSA) is 22.0 Å². The Kier molecular flexibility index (Phi) is 3.64. The molecule has 0 fully saturated rings. The Bertz CT molecular complexity index is 841. The molecule has 0 aliphatic heterocycles. The summed E-state index contributed by atoms with van der Waals surface area (Å²) in [5, 5.41) is 1.44. The molecular formula is C16H11BrClNO. The summed E-state index contributed by atoms with van der Waals surface area (Å²) < 4.78 is 2.99. The van der Waals surface area contributed by atoms with Gasteiger partial charge in [-0.3, -0.25) is 4.79 Å². The lowest BCUT2D eigenvalue weighted by Gasteiger charge is -2.12. The zero-order valence-corrected chi connectivity index (χ0v) is 12.9. The second-order valence-corrected chi connectivity index (χ2v) is 5.88. The summed E-state index contributed by atoms with van der Waals surface area (Å²) >= 11 is 9.66. The van der Waals surface area contributed by atoms with Gasteiger partial charge in [0.05, 0.1) is 5.52 Å². The van der Waals surface area contributed by atoms with Crippen LogP contribution >= 0.6 is 27.5 Å². The normalized spacial score (nSPS) is 10.9. The Morgan fingerprint density at radius 3 is 2.70 bits per heavy atom. The van der Waals surface area contributed by atoms with Gasteiger partial charge < -0.3 is 4.57 Å². The summed E-state index contributed by atoms with van der Waals surface area (Å²) in [4.78, 5) is 11.8. The second-order valence-electron chi connectivity index (χ2n) is 4.56. The molecule has 0 N–H and O–H groups in total. The van der Waals surface area contributed by atoms with Crippen LogP contribution in [0.5, 0.6) is 0 Å². The standard InChI is InChI=1S/C16H11BrClNO/c17-12-6-5-11(14(18)9-12)10-19-8-7-16(20)13-3-1-2-4-15(13)19/h1-9H,10H2. The fourth-order valence-corrected chi connectivity index (χ4v) is 2.96. The fourth-order valence-electron chi connectivity index (χ4n) is 2.23. The largest absolute Gasteiger partial charge is 0.343 e. The first-order chi connectivity index (χ1) is 9.65. The summed E-state index contributed by atoms with van der Waals surface area (Å²) in [6, 6.07) is 15.0. The molecule has 1 heterocycles. The van der Waals surface area contributed by atoms with Crippen LogP contribution in [0.25, 0.3) is 10.9 Å². The Morgan fingerprint density at radius 2 is 1.90 bits per heavy atom. The van der Waals surface area contributed by atoms with Crippen molar-refractivity contribution in [1.82, 2.24) is 4.57 Å². The molecule has 2 aromatic carbocycles. The maximum atomic E-state index is 11.8. The summed E-state index contributed by atoms with van der Waals surface area (Å²) in [6.07, 6.45) is 1.81. The third kappa shape index (κ3) is 2.51. The third-order valence-electron chi connectivity index (χ3n) is 3.24. The SMILES string of the molecule is O=c1ccn(Cc2ccc(Br)cc2Cl)c2ccccc12. The van der Waals surface area contributed by atoms with Crippen LogP contribution in [-0.2, 0) is 6.54 Å². The van der Waals surface area contributed by atoms with Crippen LogP contribution in [0.1, 0.15) is 5.56 Å². The van der Waals surface area contributed by atoms with E-state index in [2.05, 4.69) is 15.9 Å². The Hall–Kier alpha value is -1.58. The maximum absolute atomic E-state index is 11.8. The van der Waals surface area contributed by atoms with E-state index < -0.39 is 0 Å². The molecule has 2 nitrogen and oxygen atoms in total. The molecule has 0 bridgehead atoms. The number of para-hydroxylation sites is 1. The van der Waals surface area contributed by atoms with E-state index in [-0.39, 0.29) is 5.43 Å². The van der Waals surface area contributed by atoms with Gasteiger partial charge in [0.25, 0.3) is 0 Å². The van der Waals surface area contributed by atoms with E-state index in [1.165, 1.54) is 0 Å². The van der Waals surface area contributed by atoms with E-state index in [0.717, 1.165) is 20.9 Å². The van der Waals surface area contributed by atoms with E-state index in [1.54, 1.807) is 6.07 Å². The summed E-state index contributed by atoms with van der Waals surface area (Å²) in [5.74, 6) is 0. The van der Waals surface area contributed by atoms with Crippen molar-refractivity contribution in [2.75, 3.05) is 0 Å². The number of hydrogen-bond donors (Lipinski definition) is 0. The monoisotopic (exact) mass is 347 g/mol. The highest BCUT2D eigenvalue weighted by atomic mass is 79.9. The second kappa shape index (κ2) is 5.43. The van der Waals surface area contributed by atoms with Gasteiger partial charge in [-0.15, -0.1) is 0 Å². The van der Waals surface area contributed by atoms with Crippen LogP contribution in [0, 0.1) is 0 Å². The molecule has 0 aliphatic rings. The molecule has 4 heteroatoms. The van der Waals surface area contributed by atoms with Crippen molar-refractivity contribution in [3.8, 4) is 0 Å². The van der Waals surface area contributed by atoms with E-state index in [9.17, 15) is 4.79 Å². The Morgan fingerprint density at radius 1 is 1.10 bits per heavy atom. The molecule has 1 aromatic heterocycles. The van der Waals surface area contributed by atoms with Crippen molar-refractivity contribution in [3.05, 3.63) is 80.0 Å². The van der Waals surface area contributed by atoms with Gasteiger partial charge in [-0.2, -0.15) is 0 Å². The zero-order valence-electron chi connectivity index (χ0n) is 10.5. The molecule has 0 unspecified atom stereocenters. The van der Waals surface area contributed by atoms with Crippen LogP contribution in [0.3, 0.4) is 0 Å². The number of nitrogens with zero attached hydrogens (tertiary/aromatic N) is 1. The predicted octanol–water partition coefficient (Wildman–Crippen LogP) is 4.47. The highest BCUT2D eigenvalue weighted by molar-refractivity contribution is 9.10. The average molecular weight is 349 g/mol. The molecule has 100 valence electrons. The summed E-state index contributed by atoms with van der Waals surface area (Å²) in [7, 11) is 0. The van der Waals surface area contributed by atoms with Crippen molar-refractivity contribution >= 4 is 38.4 Å². The number of fused-ring (bicyclic) bond motifs is 1. The van der Waals surface area contributed by atoms with Gasteiger partial charge in [0.15, 0.2) is 5.43 Å². The quantitative estimate of drug-likeness (QED) is 0.670. The van der Waals surface area contributed by atoms with Crippen molar-refractivity contribution in [2.24, 2.45) is 0 Å². The Labute approximate surface area is 129 Å². The Balaban J connectivity index is 2.11. The lowest BCUT2D eigenvalue weighted by molar-refractivity contribution is 0.825. The van der Waals surface area contributed by atoms with Crippen molar-refractivity contribution in [1.29, 1.82) is 0 Å². The first kappa shape index (κ1) is 13.4. The zero-order chi connectivity index (χ0) is 14.1. The van der Waals surface area contributed by atoms with Gasteiger partial charge >= 0.3 is 0 Å². The third-order valence-corrected chi connectivity index (χ3v) is 4.09. The van der Waals surface area contributed by atoms with Crippen molar-refractivity contribution in [3.63, 3.8) is 0 Å². The molecule has 20 heavy (non-hydrogen) atoms. The van der Waals surface area contributed by atoms with Crippen LogP contribution in [0.4, 0.5) is 0 Å². The highest BCUT2D eigenvalue weighted by Crippen LogP contribution is 2.23. The number of rotatable bonds is 2. The molecule has 0 saturated carbocycles. The molecular weight excluding hydrogens is 338 g/mol. The molecule has 0 aliphatic carbocycles. The van der Waals surface area contributed by atoms with Gasteiger partial charge in [-0.05, 0) is 29.8 Å². The lowest BCUT2D eigenvalue weighted by atomic mass is 10.2. The van der Waals surface area contributed by atoms with E-state index in [4.69, 9.17) is 11.6 Å². The molecule has 3 rings (SSSR count). The summed E-state index contributed by atoms with van der Waals surface area (Å²) in [6.45, 7) is 0.632. The van der Waals surface area contributed by atoms with Crippen molar-refractivity contribution < 1.29 is 0 Å². The van der Waals surface area contributed by atoms with Gasteiger partial charge in [-0.25, -0.2) is 0 Å². The minimum absolute atomic E-state index is 0.0405. The number of aromatic nitrogens is 1. The first-order valence-electron chi connectivity index (χ1n) is 6.17. The predicted molar refractivity (Wildman–Crippen MR) is 86.5 cm³/mol. The molecule has 0 atom stereocenters. The van der Waals surface area contributed by atoms with Crippen LogP contribution in [0.15, 0.2) is 64.0 Å². The highest BCUT2D eigenvalue weighted by Gasteiger charge is 2.05. The fraction of sp³-hybridized carbons (Fsp3) is 0.0625. The molecule has 0 spiro atoms. The minimum Gasteiger partial charge on any atom is -0.343 e. The van der Waals surface area contributed by atoms with Gasteiger partial charge in [0.2, 0.25) is 0 Å². The smallest absolute Gasteiger partial charge is 0.189 e. The summed E-state index contributed by atoms with van der Waals surface area (Å²) in [5.41, 5.74) is 1.97. The van der Waals surface area contributed by atoms with Crippen LogP contribution in [-0.4, -0.2) is 4.57 Å². The van der Waals surface area contributed by atoms with Gasteiger partial charge in [-0.1, -0.05) is 45.7 Å². The van der Waals surface area contributed by atoms with Crippen LogP contribution in [0.2, 0.25) is 5.02 Å². The van der Waals surface area contributed by atoms with E-state index in [1.807, 2.05) is 53.2 Å². The lowest BCUT2D eigenvalue weighted by Crippen LogP contribution is -2.08. The molecule has 0 amide bonds. The minimum atomic E-state index is 0.0405. The van der Waals surface area contributed by atoms with Gasteiger partial charge in [0.1, 0.15) is 0 Å². The van der Waals surface area contributed by atoms with E-state index in [0.29, 0.717) is 11.6 Å². The van der Waals surface area contributed by atoms with Crippen LogP contribution < -0.4 is 5.43 Å². The molecule has 0 radical (unpaired) electrons. The maximum Gasteiger partial charge on any atom is 0.189 e. The number of halogens is 2. The van der Waals surface area contributed by atoms with Crippen molar-refractivity contribution in [2.45, 2.75) is 6.54 Å².